The highest BCUT2D eigenvalue weighted by Gasteiger charge is 2.20. The Balaban J connectivity index is 1.26. The lowest BCUT2D eigenvalue weighted by molar-refractivity contribution is -0.117. The monoisotopic (exact) mass is 548 g/mol. The van der Waals surface area contributed by atoms with E-state index in [4.69, 9.17) is 19.4 Å². The number of carbonyl (C=O) groups is 1. The maximum atomic E-state index is 13.2. The van der Waals surface area contributed by atoms with Gasteiger partial charge < -0.3 is 9.47 Å². The van der Waals surface area contributed by atoms with Crippen LogP contribution in [-0.4, -0.2) is 21.9 Å². The van der Waals surface area contributed by atoms with Crippen molar-refractivity contribution in [1.82, 2.24) is 9.97 Å². The minimum atomic E-state index is 0.130. The Hall–Kier alpha value is -3.99. The number of aromatic nitrogens is 2. The van der Waals surface area contributed by atoms with E-state index in [9.17, 15) is 4.79 Å². The van der Waals surface area contributed by atoms with Crippen molar-refractivity contribution in [1.29, 1.82) is 0 Å². The van der Waals surface area contributed by atoms with Crippen molar-refractivity contribution in [2.24, 2.45) is 5.92 Å². The molecule has 0 atom stereocenters. The lowest BCUT2D eigenvalue weighted by Crippen LogP contribution is -2.16. The van der Waals surface area contributed by atoms with Crippen LogP contribution in [0.15, 0.2) is 85.1 Å². The van der Waals surface area contributed by atoms with E-state index < -0.39 is 0 Å². The summed E-state index contributed by atoms with van der Waals surface area (Å²) in [5.41, 5.74) is 5.73. The molecule has 3 aromatic carbocycles. The van der Waals surface area contributed by atoms with Gasteiger partial charge in [0.05, 0.1) is 35.8 Å². The summed E-state index contributed by atoms with van der Waals surface area (Å²) < 4.78 is 11.7. The van der Waals surface area contributed by atoms with E-state index >= 15 is 0 Å². The summed E-state index contributed by atoms with van der Waals surface area (Å²) >= 11 is 0. The number of carbonyl (C=O) groups excluding carboxylic acids is 1. The average molecular weight is 549 g/mol. The van der Waals surface area contributed by atoms with E-state index in [-0.39, 0.29) is 11.9 Å². The highest BCUT2D eigenvalue weighted by atomic mass is 16.5. The maximum absolute atomic E-state index is 13.2. The van der Waals surface area contributed by atoms with E-state index in [2.05, 4.69) is 0 Å². The van der Waals surface area contributed by atoms with Gasteiger partial charge in [-0.2, -0.15) is 0 Å². The molecule has 1 fully saturated rings. The van der Waals surface area contributed by atoms with Gasteiger partial charge in [-0.15, -0.1) is 0 Å². The lowest BCUT2D eigenvalue weighted by Gasteiger charge is -2.22. The van der Waals surface area contributed by atoms with Gasteiger partial charge in [-0.1, -0.05) is 74.6 Å². The van der Waals surface area contributed by atoms with Crippen LogP contribution in [0.2, 0.25) is 0 Å². The second-order valence-corrected chi connectivity index (χ2v) is 11.4. The number of Topliss-reactive ketones (excluding diaryl/α,β-unsaturated/α-hetero) is 1. The zero-order valence-electron chi connectivity index (χ0n) is 24.2. The van der Waals surface area contributed by atoms with E-state index in [1.165, 1.54) is 32.1 Å². The molecule has 1 aliphatic rings. The lowest BCUT2D eigenvalue weighted by atomic mass is 9.85. The maximum Gasteiger partial charge on any atom is 0.143 e. The van der Waals surface area contributed by atoms with Crippen molar-refractivity contribution in [3.05, 3.63) is 108 Å². The van der Waals surface area contributed by atoms with Gasteiger partial charge in [0.2, 0.25) is 0 Å². The summed E-state index contributed by atoms with van der Waals surface area (Å²) in [6, 6.07) is 25.9. The zero-order chi connectivity index (χ0) is 28.4. The van der Waals surface area contributed by atoms with Gasteiger partial charge in [-0.25, -0.2) is 4.98 Å². The van der Waals surface area contributed by atoms with E-state index in [0.717, 1.165) is 51.7 Å². The quantitative estimate of drug-likeness (QED) is 0.180. The largest absolute Gasteiger partial charge is 0.491 e. The second kappa shape index (κ2) is 14.1. The number of ketones is 1. The average Bonchev–Trinajstić information content (AvgIpc) is 2.99. The Kier molecular flexibility index (Phi) is 9.79. The van der Waals surface area contributed by atoms with Gasteiger partial charge in [0.1, 0.15) is 23.9 Å². The third kappa shape index (κ3) is 8.50. The number of hydrogen-bond acceptors (Lipinski definition) is 5. The van der Waals surface area contributed by atoms with Crippen LogP contribution in [0.25, 0.3) is 11.3 Å². The Morgan fingerprint density at radius 3 is 2.22 bits per heavy atom. The number of benzene rings is 3. The normalized spacial score (nSPS) is 13.7. The molecule has 0 saturated heterocycles. The summed E-state index contributed by atoms with van der Waals surface area (Å²) in [6.45, 7) is 4.56. The molecule has 5 nitrogen and oxygen atoms in total. The standard InChI is InChI=1S/C36H40N2O3/c1-26(2)41-33-19-15-30(16-20-33)36-24-37-34(35(38-36)22-27-9-5-3-6-10-27)23-31(39)21-28-13-17-32(18-14-28)40-25-29-11-7-4-8-12-29/h4,7-8,11-20,24,26-27H,3,5-6,9-10,21-23,25H2,1-2H3. The molecule has 1 aliphatic carbocycles. The Morgan fingerprint density at radius 1 is 0.805 bits per heavy atom. The second-order valence-electron chi connectivity index (χ2n) is 11.4. The van der Waals surface area contributed by atoms with Crippen LogP contribution in [0.4, 0.5) is 0 Å². The first kappa shape index (κ1) is 28.5. The van der Waals surface area contributed by atoms with Crippen molar-refractivity contribution >= 4 is 5.78 Å². The molecule has 0 spiro atoms. The van der Waals surface area contributed by atoms with Crippen molar-refractivity contribution in [3.8, 4) is 22.8 Å². The van der Waals surface area contributed by atoms with Crippen molar-refractivity contribution in [2.45, 2.75) is 77.9 Å². The fourth-order valence-corrected chi connectivity index (χ4v) is 5.47. The van der Waals surface area contributed by atoms with Crippen molar-refractivity contribution < 1.29 is 14.3 Å². The van der Waals surface area contributed by atoms with Crippen LogP contribution >= 0.6 is 0 Å². The van der Waals surface area contributed by atoms with Crippen molar-refractivity contribution in [3.63, 3.8) is 0 Å². The minimum absolute atomic E-state index is 0.130. The highest BCUT2D eigenvalue weighted by Crippen LogP contribution is 2.29. The molecule has 0 amide bonds. The van der Waals surface area contributed by atoms with Crippen LogP contribution in [-0.2, 0) is 30.7 Å². The summed E-state index contributed by atoms with van der Waals surface area (Å²) in [5.74, 6) is 2.39. The van der Waals surface area contributed by atoms with Crippen LogP contribution in [0.5, 0.6) is 11.5 Å². The molecule has 1 saturated carbocycles. The molecular formula is C36H40N2O3. The number of rotatable bonds is 12. The number of nitrogens with zero attached hydrogens (tertiary/aromatic N) is 2. The first-order chi connectivity index (χ1) is 20.0. The molecule has 0 bridgehead atoms. The molecule has 212 valence electrons. The smallest absolute Gasteiger partial charge is 0.143 e. The summed E-state index contributed by atoms with van der Waals surface area (Å²) in [4.78, 5) is 23.1. The molecule has 0 unspecified atom stereocenters. The number of hydrogen-bond donors (Lipinski definition) is 0. The van der Waals surface area contributed by atoms with E-state index in [1.54, 1.807) is 0 Å². The molecule has 0 aliphatic heterocycles. The van der Waals surface area contributed by atoms with Crippen molar-refractivity contribution in [2.75, 3.05) is 0 Å². The predicted octanol–water partition coefficient (Wildman–Crippen LogP) is 7.99. The van der Waals surface area contributed by atoms with Gasteiger partial charge in [0.15, 0.2) is 0 Å². The fraction of sp³-hybridized carbons (Fsp3) is 0.361. The third-order valence-corrected chi connectivity index (χ3v) is 7.60. The SMILES string of the molecule is CC(C)Oc1ccc(-c2cnc(CC(=O)Cc3ccc(OCc4ccccc4)cc3)c(CC3CCCCC3)n2)cc1. The molecular weight excluding hydrogens is 508 g/mol. The van der Waals surface area contributed by atoms with Gasteiger partial charge >= 0.3 is 0 Å². The fourth-order valence-electron chi connectivity index (χ4n) is 5.47. The van der Waals surface area contributed by atoms with E-state index in [1.807, 2.05) is 98.9 Å². The van der Waals surface area contributed by atoms with Crippen LogP contribution < -0.4 is 9.47 Å². The molecule has 1 aromatic heterocycles. The van der Waals surface area contributed by atoms with Gasteiger partial charge in [-0.05, 0) is 73.7 Å². The Morgan fingerprint density at radius 2 is 1.51 bits per heavy atom. The highest BCUT2D eigenvalue weighted by molar-refractivity contribution is 5.83. The minimum Gasteiger partial charge on any atom is -0.491 e. The summed E-state index contributed by atoms with van der Waals surface area (Å²) in [7, 11) is 0. The third-order valence-electron chi connectivity index (χ3n) is 7.60. The van der Waals surface area contributed by atoms with Crippen LogP contribution in [0.1, 0.15) is 68.5 Å². The molecule has 5 rings (SSSR count). The topological polar surface area (TPSA) is 61.3 Å². The molecule has 41 heavy (non-hydrogen) atoms. The molecule has 4 aromatic rings. The molecule has 1 heterocycles. The Bertz CT molecular complexity index is 1390. The van der Waals surface area contributed by atoms with Gasteiger partial charge in [-0.3, -0.25) is 9.78 Å². The van der Waals surface area contributed by atoms with Crippen LogP contribution in [0, 0.1) is 5.92 Å². The molecule has 5 heteroatoms. The van der Waals surface area contributed by atoms with Crippen LogP contribution in [0.3, 0.4) is 0 Å². The van der Waals surface area contributed by atoms with E-state index in [0.29, 0.717) is 25.4 Å². The first-order valence-electron chi connectivity index (χ1n) is 14.9. The zero-order valence-corrected chi connectivity index (χ0v) is 24.2. The Labute approximate surface area is 244 Å². The molecule has 0 radical (unpaired) electrons. The summed E-state index contributed by atoms with van der Waals surface area (Å²) in [5, 5.41) is 0. The predicted molar refractivity (Wildman–Crippen MR) is 163 cm³/mol. The van der Waals surface area contributed by atoms with Gasteiger partial charge in [0, 0.05) is 12.0 Å². The first-order valence-corrected chi connectivity index (χ1v) is 14.9. The summed E-state index contributed by atoms with van der Waals surface area (Å²) in [6.07, 6.45) is 9.78. The molecule has 0 N–H and O–H groups in total. The number of ether oxygens (including phenoxy) is 2. The van der Waals surface area contributed by atoms with Gasteiger partial charge in [0.25, 0.3) is 0 Å².